The number of amides is 1. The molecule has 1 aromatic carbocycles. The van der Waals surface area contributed by atoms with Crippen LogP contribution in [0.4, 0.5) is 4.39 Å². The van der Waals surface area contributed by atoms with Crippen LogP contribution in [0.1, 0.15) is 43.2 Å². The SMILES string of the molecule is Cl.NCCCCCCC(=O)NCc1ccc(CO)c(F)c1. The molecule has 1 amide bonds. The molecule has 21 heavy (non-hydrogen) atoms. The average Bonchev–Trinajstić information content (AvgIpc) is 2.45. The normalized spacial score (nSPS) is 10.0. The summed E-state index contributed by atoms with van der Waals surface area (Å²) in [6, 6.07) is 4.58. The van der Waals surface area contributed by atoms with Gasteiger partial charge in [0.1, 0.15) is 5.82 Å². The van der Waals surface area contributed by atoms with Gasteiger partial charge < -0.3 is 16.2 Å². The Kier molecular flexibility index (Phi) is 10.8. The third kappa shape index (κ3) is 7.99. The van der Waals surface area contributed by atoms with Gasteiger partial charge in [0.25, 0.3) is 0 Å². The first-order chi connectivity index (χ1) is 9.67. The molecule has 0 aliphatic rings. The zero-order valence-electron chi connectivity index (χ0n) is 12.1. The molecule has 4 N–H and O–H groups in total. The van der Waals surface area contributed by atoms with Gasteiger partial charge in [-0.05, 0) is 31.0 Å². The Hall–Kier alpha value is -1.17. The number of nitrogens with two attached hydrogens (primary N) is 1. The first-order valence-electron chi connectivity index (χ1n) is 7.02. The maximum Gasteiger partial charge on any atom is 0.220 e. The quantitative estimate of drug-likeness (QED) is 0.611. The number of halogens is 2. The fourth-order valence-electron chi connectivity index (χ4n) is 1.90. The van der Waals surface area contributed by atoms with Crippen LogP contribution < -0.4 is 11.1 Å². The van der Waals surface area contributed by atoms with Crippen molar-refractivity contribution in [3.05, 3.63) is 35.1 Å². The highest BCUT2D eigenvalue weighted by Gasteiger charge is 2.04. The topological polar surface area (TPSA) is 75.4 Å². The fraction of sp³-hybridized carbons (Fsp3) is 0.533. The Morgan fingerprint density at radius 2 is 1.95 bits per heavy atom. The van der Waals surface area contributed by atoms with Gasteiger partial charge in [0, 0.05) is 18.5 Å². The Bertz CT molecular complexity index is 430. The van der Waals surface area contributed by atoms with Gasteiger partial charge in [-0.25, -0.2) is 4.39 Å². The lowest BCUT2D eigenvalue weighted by molar-refractivity contribution is -0.121. The van der Waals surface area contributed by atoms with Crippen molar-refractivity contribution >= 4 is 18.3 Å². The number of aliphatic hydroxyl groups excluding tert-OH is 1. The monoisotopic (exact) mass is 318 g/mol. The van der Waals surface area contributed by atoms with Gasteiger partial charge in [0.2, 0.25) is 5.91 Å². The first-order valence-corrected chi connectivity index (χ1v) is 7.02. The molecule has 1 aromatic rings. The number of hydrogen-bond donors (Lipinski definition) is 3. The highest BCUT2D eigenvalue weighted by molar-refractivity contribution is 5.85. The molecule has 0 heterocycles. The van der Waals surface area contributed by atoms with Crippen molar-refractivity contribution in [2.24, 2.45) is 5.73 Å². The van der Waals surface area contributed by atoms with Crippen molar-refractivity contribution in [1.29, 1.82) is 0 Å². The summed E-state index contributed by atoms with van der Waals surface area (Å²) in [6.07, 6.45) is 4.39. The van der Waals surface area contributed by atoms with Crippen LogP contribution in [0.25, 0.3) is 0 Å². The molecule has 0 saturated carbocycles. The summed E-state index contributed by atoms with van der Waals surface area (Å²) >= 11 is 0. The standard InChI is InChI=1S/C15H23FN2O2.ClH/c16-14-9-12(6-7-13(14)11-19)10-18-15(20)5-3-1-2-4-8-17;/h6-7,9,19H,1-5,8,10-11,17H2,(H,18,20);1H. The number of carbonyl (C=O) groups is 1. The van der Waals surface area contributed by atoms with E-state index in [1.165, 1.54) is 12.1 Å². The average molecular weight is 319 g/mol. The van der Waals surface area contributed by atoms with Gasteiger partial charge >= 0.3 is 0 Å². The maximum atomic E-state index is 13.4. The highest BCUT2D eigenvalue weighted by atomic mass is 35.5. The van der Waals surface area contributed by atoms with Gasteiger partial charge in [-0.3, -0.25) is 4.79 Å². The Balaban J connectivity index is 0.00000400. The molecular weight excluding hydrogens is 295 g/mol. The molecule has 0 bridgehead atoms. The van der Waals surface area contributed by atoms with E-state index in [1.807, 2.05) is 0 Å². The van der Waals surface area contributed by atoms with E-state index in [-0.39, 0.29) is 30.5 Å². The zero-order chi connectivity index (χ0) is 14.8. The second-order valence-corrected chi connectivity index (χ2v) is 4.81. The second kappa shape index (κ2) is 11.5. The Morgan fingerprint density at radius 1 is 1.24 bits per heavy atom. The summed E-state index contributed by atoms with van der Waals surface area (Å²) < 4.78 is 13.4. The van der Waals surface area contributed by atoms with Gasteiger partial charge in [0.05, 0.1) is 6.61 Å². The zero-order valence-corrected chi connectivity index (χ0v) is 12.9. The summed E-state index contributed by atoms with van der Waals surface area (Å²) in [4.78, 5) is 11.6. The predicted molar refractivity (Wildman–Crippen MR) is 83.6 cm³/mol. The summed E-state index contributed by atoms with van der Waals surface area (Å²) in [5.74, 6) is -0.467. The molecule has 6 heteroatoms. The molecule has 0 aliphatic carbocycles. The third-order valence-corrected chi connectivity index (χ3v) is 3.14. The number of nitrogens with one attached hydrogen (secondary N) is 1. The second-order valence-electron chi connectivity index (χ2n) is 4.81. The molecule has 120 valence electrons. The van der Waals surface area contributed by atoms with Crippen LogP contribution in [0.2, 0.25) is 0 Å². The largest absolute Gasteiger partial charge is 0.392 e. The fourth-order valence-corrected chi connectivity index (χ4v) is 1.90. The first kappa shape index (κ1) is 19.8. The van der Waals surface area contributed by atoms with Crippen LogP contribution in [0.5, 0.6) is 0 Å². The summed E-state index contributed by atoms with van der Waals surface area (Å²) in [7, 11) is 0. The highest BCUT2D eigenvalue weighted by Crippen LogP contribution is 2.10. The molecular formula is C15H24ClFN2O2. The Labute approximate surface area is 131 Å². The van der Waals surface area contributed by atoms with E-state index >= 15 is 0 Å². The lowest BCUT2D eigenvalue weighted by atomic mass is 10.1. The maximum absolute atomic E-state index is 13.4. The van der Waals surface area contributed by atoms with Gasteiger partial charge in [-0.2, -0.15) is 0 Å². The molecule has 0 aromatic heterocycles. The van der Waals surface area contributed by atoms with Gasteiger partial charge in [-0.15, -0.1) is 12.4 Å². The Morgan fingerprint density at radius 3 is 2.57 bits per heavy atom. The van der Waals surface area contributed by atoms with Crippen LogP contribution in [-0.2, 0) is 17.9 Å². The number of hydrogen-bond acceptors (Lipinski definition) is 3. The van der Waals surface area contributed by atoms with E-state index in [9.17, 15) is 9.18 Å². The van der Waals surface area contributed by atoms with Crippen LogP contribution in [0, 0.1) is 5.82 Å². The van der Waals surface area contributed by atoms with Gasteiger partial charge in [-0.1, -0.05) is 25.0 Å². The summed E-state index contributed by atoms with van der Waals surface area (Å²) in [6.45, 7) is 0.688. The van der Waals surface area contributed by atoms with Crippen LogP contribution in [-0.4, -0.2) is 17.6 Å². The predicted octanol–water partition coefficient (Wildman–Crippen LogP) is 2.27. The third-order valence-electron chi connectivity index (χ3n) is 3.14. The molecule has 0 atom stereocenters. The van der Waals surface area contributed by atoms with Crippen molar-refractivity contribution in [1.82, 2.24) is 5.32 Å². The molecule has 0 unspecified atom stereocenters. The van der Waals surface area contributed by atoms with E-state index in [2.05, 4.69) is 5.32 Å². The van der Waals surface area contributed by atoms with Crippen molar-refractivity contribution in [3.8, 4) is 0 Å². The summed E-state index contributed by atoms with van der Waals surface area (Å²) in [5, 5.41) is 11.6. The van der Waals surface area contributed by atoms with E-state index < -0.39 is 5.82 Å². The van der Waals surface area contributed by atoms with Crippen LogP contribution >= 0.6 is 12.4 Å². The summed E-state index contributed by atoms with van der Waals surface area (Å²) in [5.41, 5.74) is 6.34. The number of carbonyl (C=O) groups excluding carboxylic acids is 1. The number of aliphatic hydroxyl groups is 1. The van der Waals surface area contributed by atoms with Crippen molar-refractivity contribution in [2.75, 3.05) is 6.54 Å². The van der Waals surface area contributed by atoms with Crippen LogP contribution in [0.3, 0.4) is 0 Å². The molecule has 0 fully saturated rings. The molecule has 4 nitrogen and oxygen atoms in total. The molecule has 1 rings (SSSR count). The minimum Gasteiger partial charge on any atom is -0.392 e. The number of rotatable bonds is 9. The molecule has 0 aliphatic heterocycles. The van der Waals surface area contributed by atoms with E-state index in [1.54, 1.807) is 6.07 Å². The van der Waals surface area contributed by atoms with Crippen molar-refractivity contribution < 1.29 is 14.3 Å². The number of unbranched alkanes of at least 4 members (excludes halogenated alkanes) is 3. The number of benzene rings is 1. The molecule has 0 radical (unpaired) electrons. The van der Waals surface area contributed by atoms with E-state index in [0.29, 0.717) is 25.1 Å². The minimum absolute atomic E-state index is 0. The smallest absolute Gasteiger partial charge is 0.220 e. The lowest BCUT2D eigenvalue weighted by Crippen LogP contribution is -2.22. The van der Waals surface area contributed by atoms with E-state index in [4.69, 9.17) is 10.8 Å². The van der Waals surface area contributed by atoms with Crippen molar-refractivity contribution in [2.45, 2.75) is 45.3 Å². The molecule has 0 spiro atoms. The van der Waals surface area contributed by atoms with Gasteiger partial charge in [0.15, 0.2) is 0 Å². The lowest BCUT2D eigenvalue weighted by Gasteiger charge is -2.07. The van der Waals surface area contributed by atoms with Crippen molar-refractivity contribution in [3.63, 3.8) is 0 Å². The minimum atomic E-state index is -0.443. The molecule has 0 saturated heterocycles. The van der Waals surface area contributed by atoms with E-state index in [0.717, 1.165) is 25.7 Å². The van der Waals surface area contributed by atoms with Crippen LogP contribution in [0.15, 0.2) is 18.2 Å².